The van der Waals surface area contributed by atoms with Gasteiger partial charge in [-0.1, -0.05) is 38.4 Å². The molecule has 0 aliphatic rings. The lowest BCUT2D eigenvalue weighted by Crippen LogP contribution is -2.15. The summed E-state index contributed by atoms with van der Waals surface area (Å²) in [6.45, 7) is 8.80. The van der Waals surface area contributed by atoms with Gasteiger partial charge in [0.25, 0.3) is 0 Å². The van der Waals surface area contributed by atoms with Crippen molar-refractivity contribution in [3.05, 3.63) is 39.5 Å². The summed E-state index contributed by atoms with van der Waals surface area (Å²) in [5.41, 5.74) is 3.03. The van der Waals surface area contributed by atoms with Crippen LogP contribution in [0.2, 0.25) is 5.02 Å². The van der Waals surface area contributed by atoms with Crippen molar-refractivity contribution in [3.8, 4) is 16.9 Å². The van der Waals surface area contributed by atoms with Gasteiger partial charge in [0, 0.05) is 35.6 Å². The molecule has 1 aromatic carbocycles. The molecule has 0 aliphatic heterocycles. The Labute approximate surface area is 163 Å². The molecule has 1 heterocycles. The molecule has 0 unspecified atom stereocenters. The zero-order chi connectivity index (χ0) is 19.3. The molecule has 0 saturated carbocycles. The normalized spacial score (nSPS) is 11.6. The molecule has 1 N–H and O–H groups in total. The fourth-order valence-electron chi connectivity index (χ4n) is 2.44. The van der Waals surface area contributed by atoms with Crippen LogP contribution in [0.4, 0.5) is 0 Å². The lowest BCUT2D eigenvalue weighted by Gasteiger charge is -2.15. The van der Waals surface area contributed by atoms with Gasteiger partial charge in [-0.25, -0.2) is 0 Å². The number of nitriles is 1. The largest absolute Gasteiger partial charge is 0.443 e. The van der Waals surface area contributed by atoms with Crippen LogP contribution in [-0.4, -0.2) is 24.3 Å². The minimum absolute atomic E-state index is 0.214. The van der Waals surface area contributed by atoms with Crippen molar-refractivity contribution in [2.24, 2.45) is 4.99 Å². The third kappa shape index (κ3) is 4.75. The molecule has 0 fully saturated rings. The Morgan fingerprint density at radius 2 is 2.15 bits per heavy atom. The maximum Gasteiger partial charge on any atom is 0.218 e. The predicted molar refractivity (Wildman–Crippen MR) is 108 cm³/mol. The molecule has 2 rings (SSSR count). The fourth-order valence-corrected chi connectivity index (χ4v) is 3.59. The first-order valence-electron chi connectivity index (χ1n) is 8.29. The van der Waals surface area contributed by atoms with Crippen molar-refractivity contribution in [1.82, 2.24) is 9.69 Å². The van der Waals surface area contributed by atoms with E-state index in [0.29, 0.717) is 21.4 Å². The summed E-state index contributed by atoms with van der Waals surface area (Å²) < 4.78 is 10.4. The first-order chi connectivity index (χ1) is 12.3. The second kappa shape index (κ2) is 8.52. The Hall–Kier alpha value is -2.10. The Bertz CT molecular complexity index is 846. The highest BCUT2D eigenvalue weighted by atomic mass is 35.5. The molecule has 7 heteroatoms. The molecular formula is C19H23ClN4OS. The van der Waals surface area contributed by atoms with E-state index in [1.54, 1.807) is 19.5 Å². The summed E-state index contributed by atoms with van der Waals surface area (Å²) >= 11 is 7.61. The molecule has 5 nitrogen and oxygen atoms in total. The van der Waals surface area contributed by atoms with Gasteiger partial charge in [0.2, 0.25) is 5.06 Å². The molecule has 0 radical (unpaired) electrons. The topological polar surface area (TPSA) is 70.3 Å². The van der Waals surface area contributed by atoms with E-state index in [-0.39, 0.29) is 5.41 Å². The van der Waals surface area contributed by atoms with E-state index in [0.717, 1.165) is 29.8 Å². The van der Waals surface area contributed by atoms with Crippen LogP contribution in [0, 0.1) is 18.3 Å². The molecule has 138 valence electrons. The highest BCUT2D eigenvalue weighted by Crippen LogP contribution is 2.38. The summed E-state index contributed by atoms with van der Waals surface area (Å²) in [5.74, 6) is 0.641. The maximum absolute atomic E-state index is 9.53. The number of ether oxygens (including phenoxy) is 1. The van der Waals surface area contributed by atoms with Gasteiger partial charge >= 0.3 is 0 Å². The van der Waals surface area contributed by atoms with E-state index < -0.39 is 0 Å². The summed E-state index contributed by atoms with van der Waals surface area (Å²) in [6, 6.07) is 6.04. The van der Waals surface area contributed by atoms with E-state index in [9.17, 15) is 5.26 Å². The molecule has 0 amide bonds. The van der Waals surface area contributed by atoms with Crippen LogP contribution < -0.4 is 10.1 Å². The highest BCUT2D eigenvalue weighted by Gasteiger charge is 2.26. The number of hydrogen-bond donors (Lipinski definition) is 1. The monoisotopic (exact) mass is 390 g/mol. The number of nitrogens with one attached hydrogen (secondary N) is 1. The average Bonchev–Trinajstić information content (AvgIpc) is 2.98. The third-order valence-electron chi connectivity index (χ3n) is 3.79. The van der Waals surface area contributed by atoms with Gasteiger partial charge in [0.05, 0.1) is 12.0 Å². The lowest BCUT2D eigenvalue weighted by atomic mass is 9.90. The number of aliphatic imine (C=N–C) groups is 1. The first-order valence-corrected chi connectivity index (χ1v) is 9.44. The van der Waals surface area contributed by atoms with E-state index in [1.165, 1.54) is 11.5 Å². The Kier molecular flexibility index (Phi) is 6.63. The number of halogens is 1. The molecule has 0 bridgehead atoms. The van der Waals surface area contributed by atoms with E-state index in [1.807, 2.05) is 33.8 Å². The van der Waals surface area contributed by atoms with Gasteiger partial charge in [-0.2, -0.15) is 9.64 Å². The molecule has 0 spiro atoms. The van der Waals surface area contributed by atoms with Gasteiger partial charge < -0.3 is 10.1 Å². The van der Waals surface area contributed by atoms with Gasteiger partial charge in [-0.3, -0.25) is 4.99 Å². The van der Waals surface area contributed by atoms with Crippen LogP contribution in [0.1, 0.15) is 43.2 Å². The summed E-state index contributed by atoms with van der Waals surface area (Å²) in [5, 5.41) is 13.8. The molecule has 0 atom stereocenters. The zero-order valence-electron chi connectivity index (χ0n) is 15.7. The van der Waals surface area contributed by atoms with Gasteiger partial charge in [0.15, 0.2) is 0 Å². The second-order valence-electron chi connectivity index (χ2n) is 6.96. The SMILES string of the molecule is CN=CNCCc1cc(C)c(Oc2snc(C(C)(C)C)c2C#N)cc1Cl. The molecule has 2 aromatic rings. The number of benzene rings is 1. The van der Waals surface area contributed by atoms with Crippen LogP contribution in [0.5, 0.6) is 10.8 Å². The van der Waals surface area contributed by atoms with Crippen molar-refractivity contribution >= 4 is 29.5 Å². The molecule has 26 heavy (non-hydrogen) atoms. The molecule has 0 saturated heterocycles. The number of aryl methyl sites for hydroxylation is 1. The number of hydrogen-bond acceptors (Lipinski definition) is 5. The summed E-state index contributed by atoms with van der Waals surface area (Å²) in [7, 11) is 1.72. The minimum Gasteiger partial charge on any atom is -0.443 e. The lowest BCUT2D eigenvalue weighted by molar-refractivity contribution is 0.488. The van der Waals surface area contributed by atoms with Crippen LogP contribution >= 0.6 is 23.1 Å². The maximum atomic E-state index is 9.53. The Morgan fingerprint density at radius 1 is 1.42 bits per heavy atom. The van der Waals surface area contributed by atoms with Gasteiger partial charge in [-0.05, 0) is 30.5 Å². The quantitative estimate of drug-likeness (QED) is 0.434. The third-order valence-corrected chi connectivity index (χ3v) is 4.87. The predicted octanol–water partition coefficient (Wildman–Crippen LogP) is 4.86. The van der Waals surface area contributed by atoms with Gasteiger partial charge in [0.1, 0.15) is 17.4 Å². The number of nitrogens with zero attached hydrogens (tertiary/aromatic N) is 3. The van der Waals surface area contributed by atoms with Crippen LogP contribution in [-0.2, 0) is 11.8 Å². The van der Waals surface area contributed by atoms with Crippen molar-refractivity contribution < 1.29 is 4.74 Å². The van der Waals surface area contributed by atoms with Crippen molar-refractivity contribution in [2.45, 2.75) is 39.5 Å². The van der Waals surface area contributed by atoms with E-state index >= 15 is 0 Å². The zero-order valence-corrected chi connectivity index (χ0v) is 17.3. The summed E-state index contributed by atoms with van der Waals surface area (Å²) in [6.07, 6.45) is 2.45. The number of aromatic nitrogens is 1. The average molecular weight is 391 g/mol. The minimum atomic E-state index is -0.214. The Morgan fingerprint density at radius 3 is 2.77 bits per heavy atom. The van der Waals surface area contributed by atoms with E-state index in [2.05, 4.69) is 20.8 Å². The molecule has 1 aromatic heterocycles. The smallest absolute Gasteiger partial charge is 0.218 e. The highest BCUT2D eigenvalue weighted by molar-refractivity contribution is 7.08. The molecule has 0 aliphatic carbocycles. The van der Waals surface area contributed by atoms with Gasteiger partial charge in [-0.15, -0.1) is 0 Å². The van der Waals surface area contributed by atoms with Crippen molar-refractivity contribution in [3.63, 3.8) is 0 Å². The standard InChI is InChI=1S/C19H23ClN4OS/c1-12-8-13(6-7-23-11-22-5)15(20)9-16(12)25-18-14(10-21)17(24-26-18)19(2,3)4/h8-9,11H,6-7H2,1-5H3,(H,22,23). The fraction of sp³-hybridized carbons (Fsp3) is 0.421. The first kappa shape index (κ1) is 20.2. The summed E-state index contributed by atoms with van der Waals surface area (Å²) in [4.78, 5) is 3.88. The van der Waals surface area contributed by atoms with Crippen LogP contribution in [0.15, 0.2) is 17.1 Å². The van der Waals surface area contributed by atoms with Crippen molar-refractivity contribution in [2.75, 3.05) is 13.6 Å². The number of rotatable bonds is 6. The van der Waals surface area contributed by atoms with Crippen LogP contribution in [0.3, 0.4) is 0 Å². The van der Waals surface area contributed by atoms with E-state index in [4.69, 9.17) is 16.3 Å². The second-order valence-corrected chi connectivity index (χ2v) is 8.10. The Balaban J connectivity index is 2.25. The van der Waals surface area contributed by atoms with Crippen molar-refractivity contribution in [1.29, 1.82) is 5.26 Å². The van der Waals surface area contributed by atoms with Crippen LogP contribution in [0.25, 0.3) is 0 Å². The molecular weight excluding hydrogens is 368 g/mol.